The molecule has 1 unspecified atom stereocenters. The van der Waals surface area contributed by atoms with Crippen molar-refractivity contribution >= 4 is 11.9 Å². The number of nitrogens with zero attached hydrogens (tertiary/aromatic N) is 2. The second-order valence-corrected chi connectivity index (χ2v) is 7.11. The fourth-order valence-electron chi connectivity index (χ4n) is 3.83. The molecule has 1 fully saturated rings. The van der Waals surface area contributed by atoms with Gasteiger partial charge in [0, 0.05) is 13.0 Å². The zero-order chi connectivity index (χ0) is 20.9. The van der Waals surface area contributed by atoms with Gasteiger partial charge in [0.05, 0.1) is 13.7 Å². The van der Waals surface area contributed by atoms with Gasteiger partial charge in [-0.15, -0.1) is 13.2 Å². The Morgan fingerprint density at radius 1 is 0.966 bits per heavy atom. The Morgan fingerprint density at radius 2 is 1.66 bits per heavy atom. The summed E-state index contributed by atoms with van der Waals surface area (Å²) in [5, 5.41) is 0. The highest BCUT2D eigenvalue weighted by molar-refractivity contribution is 6.07. The number of amides is 3. The molecule has 5 heteroatoms. The maximum absolute atomic E-state index is 13.6. The first kappa shape index (κ1) is 20.4. The number of urea groups is 1. The van der Waals surface area contributed by atoms with Gasteiger partial charge in [0.15, 0.2) is 0 Å². The number of hydrogen-bond acceptors (Lipinski definition) is 3. The van der Waals surface area contributed by atoms with Crippen LogP contribution in [0.4, 0.5) is 4.79 Å². The number of hydrogen-bond donors (Lipinski definition) is 0. The van der Waals surface area contributed by atoms with Gasteiger partial charge in [0.25, 0.3) is 5.91 Å². The van der Waals surface area contributed by atoms with Crippen molar-refractivity contribution in [2.24, 2.45) is 0 Å². The van der Waals surface area contributed by atoms with Crippen LogP contribution < -0.4 is 4.74 Å². The molecule has 3 amide bonds. The summed E-state index contributed by atoms with van der Waals surface area (Å²) in [5.74, 6) is 0.523. The highest BCUT2D eigenvalue weighted by Crippen LogP contribution is 2.36. The molecule has 2 aromatic rings. The molecule has 1 saturated heterocycles. The number of carbonyl (C=O) groups excluding carboxylic acids is 2. The number of ether oxygens (including phenoxy) is 1. The van der Waals surface area contributed by atoms with Crippen LogP contribution in [0.5, 0.6) is 5.75 Å². The van der Waals surface area contributed by atoms with Crippen LogP contribution in [-0.4, -0.2) is 40.9 Å². The van der Waals surface area contributed by atoms with E-state index >= 15 is 0 Å². The third-order valence-electron chi connectivity index (χ3n) is 5.25. The van der Waals surface area contributed by atoms with Crippen LogP contribution in [0.3, 0.4) is 0 Å². The molecular formula is C24H26N2O3. The SMILES string of the molecule is C=CCN1C(=O)N(Cc2ccc(OC)cc2)C(=O)C1(CC=C)Cc1ccccc1. The van der Waals surface area contributed by atoms with Gasteiger partial charge in [-0.3, -0.25) is 9.69 Å². The predicted octanol–water partition coefficient (Wildman–Crippen LogP) is 4.20. The molecule has 5 nitrogen and oxygen atoms in total. The number of rotatable bonds is 9. The molecule has 1 heterocycles. The molecule has 1 aliphatic rings. The Hall–Kier alpha value is -3.34. The van der Waals surface area contributed by atoms with E-state index in [4.69, 9.17) is 4.74 Å². The Labute approximate surface area is 171 Å². The van der Waals surface area contributed by atoms with Crippen molar-refractivity contribution in [3.05, 3.63) is 91.0 Å². The smallest absolute Gasteiger partial charge is 0.328 e. The summed E-state index contributed by atoms with van der Waals surface area (Å²) >= 11 is 0. The first-order valence-corrected chi connectivity index (χ1v) is 9.58. The second kappa shape index (κ2) is 8.78. The first-order valence-electron chi connectivity index (χ1n) is 9.58. The first-order chi connectivity index (χ1) is 14.1. The van der Waals surface area contributed by atoms with Gasteiger partial charge in [-0.2, -0.15) is 0 Å². The Bertz CT molecular complexity index is 892. The van der Waals surface area contributed by atoms with Crippen LogP contribution in [0, 0.1) is 0 Å². The minimum absolute atomic E-state index is 0.205. The van der Waals surface area contributed by atoms with Crippen molar-refractivity contribution in [2.45, 2.75) is 24.9 Å². The Morgan fingerprint density at radius 3 is 2.24 bits per heavy atom. The lowest BCUT2D eigenvalue weighted by atomic mass is 9.85. The second-order valence-electron chi connectivity index (χ2n) is 7.11. The van der Waals surface area contributed by atoms with E-state index in [2.05, 4.69) is 13.2 Å². The van der Waals surface area contributed by atoms with Crippen LogP contribution in [0.15, 0.2) is 79.9 Å². The van der Waals surface area contributed by atoms with E-state index in [1.54, 1.807) is 24.2 Å². The number of benzene rings is 2. The summed E-state index contributed by atoms with van der Waals surface area (Å²) in [7, 11) is 1.60. The van der Waals surface area contributed by atoms with Crippen LogP contribution >= 0.6 is 0 Å². The largest absolute Gasteiger partial charge is 0.497 e. The quantitative estimate of drug-likeness (QED) is 0.476. The summed E-state index contributed by atoms with van der Waals surface area (Å²) in [6.45, 7) is 8.13. The zero-order valence-corrected chi connectivity index (χ0v) is 16.7. The van der Waals surface area contributed by atoms with E-state index in [0.717, 1.165) is 16.9 Å². The van der Waals surface area contributed by atoms with Crippen LogP contribution in [-0.2, 0) is 17.8 Å². The molecule has 3 rings (SSSR count). The molecule has 0 saturated carbocycles. The molecule has 0 aromatic heterocycles. The van der Waals surface area contributed by atoms with Gasteiger partial charge in [0.2, 0.25) is 0 Å². The van der Waals surface area contributed by atoms with Crippen LogP contribution in [0.2, 0.25) is 0 Å². The van der Waals surface area contributed by atoms with Gasteiger partial charge in [-0.05, 0) is 29.7 Å². The average Bonchev–Trinajstić information content (AvgIpc) is 2.92. The molecule has 0 radical (unpaired) electrons. The third kappa shape index (κ3) is 3.94. The highest BCUT2D eigenvalue weighted by Gasteiger charge is 2.55. The molecule has 0 bridgehead atoms. The van der Waals surface area contributed by atoms with Crippen molar-refractivity contribution < 1.29 is 14.3 Å². The average molecular weight is 390 g/mol. The Balaban J connectivity index is 1.96. The van der Waals surface area contributed by atoms with E-state index in [0.29, 0.717) is 19.4 Å². The highest BCUT2D eigenvalue weighted by atomic mass is 16.5. The topological polar surface area (TPSA) is 49.9 Å². The molecule has 0 spiro atoms. The lowest BCUT2D eigenvalue weighted by molar-refractivity contribution is -0.133. The molecule has 150 valence electrons. The maximum atomic E-state index is 13.6. The third-order valence-corrected chi connectivity index (χ3v) is 5.25. The summed E-state index contributed by atoms with van der Waals surface area (Å²) in [5.41, 5.74) is 0.858. The lowest BCUT2D eigenvalue weighted by Gasteiger charge is -2.34. The molecule has 1 atom stereocenters. The van der Waals surface area contributed by atoms with Crippen molar-refractivity contribution in [3.8, 4) is 5.75 Å². The summed E-state index contributed by atoms with van der Waals surface area (Å²) in [6.07, 6.45) is 4.17. The molecule has 1 aliphatic heterocycles. The monoisotopic (exact) mass is 390 g/mol. The van der Waals surface area contributed by atoms with Crippen molar-refractivity contribution in [1.82, 2.24) is 9.80 Å². The molecule has 0 N–H and O–H groups in total. The van der Waals surface area contributed by atoms with Gasteiger partial charge < -0.3 is 9.64 Å². The summed E-state index contributed by atoms with van der Waals surface area (Å²) < 4.78 is 5.18. The van der Waals surface area contributed by atoms with E-state index in [1.165, 1.54) is 4.90 Å². The minimum atomic E-state index is -0.999. The fourth-order valence-corrected chi connectivity index (χ4v) is 3.83. The standard InChI is InChI=1S/C24H26N2O3/c1-4-15-24(17-19-9-7-6-8-10-19)22(27)25(23(28)26(24)16-5-2)18-20-11-13-21(29-3)14-12-20/h4-14H,1-2,15-18H2,3H3. The van der Waals surface area contributed by atoms with E-state index in [-0.39, 0.29) is 18.5 Å². The van der Waals surface area contributed by atoms with Crippen LogP contribution in [0.25, 0.3) is 0 Å². The Kier molecular flexibility index (Phi) is 6.17. The summed E-state index contributed by atoms with van der Waals surface area (Å²) in [4.78, 5) is 29.8. The van der Waals surface area contributed by atoms with Gasteiger partial charge in [-0.1, -0.05) is 54.6 Å². The van der Waals surface area contributed by atoms with E-state index in [1.807, 2.05) is 54.6 Å². The summed E-state index contributed by atoms with van der Waals surface area (Å²) in [6, 6.07) is 16.8. The lowest BCUT2D eigenvalue weighted by Crippen LogP contribution is -2.51. The van der Waals surface area contributed by atoms with Gasteiger partial charge in [0.1, 0.15) is 11.3 Å². The van der Waals surface area contributed by atoms with E-state index in [9.17, 15) is 9.59 Å². The zero-order valence-electron chi connectivity index (χ0n) is 16.7. The van der Waals surface area contributed by atoms with Crippen molar-refractivity contribution in [1.29, 1.82) is 0 Å². The molecule has 2 aromatic carbocycles. The van der Waals surface area contributed by atoms with Gasteiger partial charge >= 0.3 is 6.03 Å². The number of carbonyl (C=O) groups is 2. The minimum Gasteiger partial charge on any atom is -0.497 e. The van der Waals surface area contributed by atoms with Crippen molar-refractivity contribution in [2.75, 3.05) is 13.7 Å². The maximum Gasteiger partial charge on any atom is 0.328 e. The normalized spacial score (nSPS) is 18.8. The van der Waals surface area contributed by atoms with E-state index < -0.39 is 5.54 Å². The molecular weight excluding hydrogens is 364 g/mol. The van der Waals surface area contributed by atoms with Gasteiger partial charge in [-0.25, -0.2) is 4.79 Å². The predicted molar refractivity (Wildman–Crippen MR) is 114 cm³/mol. The number of methoxy groups -OCH3 is 1. The fraction of sp³-hybridized carbons (Fsp3) is 0.250. The van der Waals surface area contributed by atoms with Crippen molar-refractivity contribution in [3.63, 3.8) is 0 Å². The number of imide groups is 1. The molecule has 0 aliphatic carbocycles. The molecule has 29 heavy (non-hydrogen) atoms. The van der Waals surface area contributed by atoms with Crippen LogP contribution in [0.1, 0.15) is 17.5 Å².